The van der Waals surface area contributed by atoms with Gasteiger partial charge in [-0.2, -0.15) is 15.0 Å². The number of benzene rings is 1. The second-order valence-electron chi connectivity index (χ2n) is 5.54. The van der Waals surface area contributed by atoms with Crippen LogP contribution in [0.15, 0.2) is 53.3 Å². The monoisotopic (exact) mass is 350 g/mol. The predicted molar refractivity (Wildman–Crippen MR) is 98.6 cm³/mol. The molecule has 0 saturated heterocycles. The van der Waals surface area contributed by atoms with Gasteiger partial charge in [-0.1, -0.05) is 6.07 Å². The minimum Gasteiger partial charge on any atom is -0.467 e. The first-order valence-corrected chi connectivity index (χ1v) is 8.29. The Morgan fingerprint density at radius 2 is 2.04 bits per heavy atom. The number of anilines is 3. The average molecular weight is 350 g/mol. The van der Waals surface area contributed by atoms with E-state index in [-0.39, 0.29) is 6.01 Å². The summed E-state index contributed by atoms with van der Waals surface area (Å²) in [5.41, 5.74) is 1.90. The minimum atomic E-state index is 0.257. The SMILES string of the molecule is CCOc1nc(NCc2ccco2)nc(Nc2ccc3cc[nH]c3c2)n1. The molecule has 0 spiro atoms. The molecule has 3 aromatic heterocycles. The molecule has 4 aromatic rings. The van der Waals surface area contributed by atoms with Crippen LogP contribution in [0.1, 0.15) is 12.7 Å². The zero-order chi connectivity index (χ0) is 17.8. The van der Waals surface area contributed by atoms with Crippen LogP contribution in [0.3, 0.4) is 0 Å². The predicted octanol–water partition coefficient (Wildman–Crippen LogP) is 3.70. The number of furan rings is 1. The second-order valence-corrected chi connectivity index (χ2v) is 5.54. The fourth-order valence-corrected chi connectivity index (χ4v) is 2.52. The van der Waals surface area contributed by atoms with Gasteiger partial charge in [0.05, 0.1) is 19.4 Å². The summed E-state index contributed by atoms with van der Waals surface area (Å²) in [5, 5.41) is 7.45. The number of hydrogen-bond donors (Lipinski definition) is 3. The molecule has 3 heterocycles. The number of H-pyrrole nitrogens is 1. The van der Waals surface area contributed by atoms with Gasteiger partial charge < -0.3 is 24.8 Å². The summed E-state index contributed by atoms with van der Waals surface area (Å²) >= 11 is 0. The van der Waals surface area contributed by atoms with Gasteiger partial charge in [-0.15, -0.1) is 0 Å². The highest BCUT2D eigenvalue weighted by atomic mass is 16.5. The lowest BCUT2D eigenvalue weighted by Gasteiger charge is -2.10. The van der Waals surface area contributed by atoms with E-state index in [2.05, 4.69) is 30.6 Å². The largest absolute Gasteiger partial charge is 0.467 e. The summed E-state index contributed by atoms with van der Waals surface area (Å²) < 4.78 is 10.8. The molecule has 0 aliphatic heterocycles. The number of rotatable bonds is 7. The molecular weight excluding hydrogens is 332 g/mol. The van der Waals surface area contributed by atoms with E-state index in [1.807, 2.05) is 49.5 Å². The summed E-state index contributed by atoms with van der Waals surface area (Å²) in [6.45, 7) is 2.82. The van der Waals surface area contributed by atoms with Crippen LogP contribution in [0, 0.1) is 0 Å². The fraction of sp³-hybridized carbons (Fsp3) is 0.167. The molecule has 4 rings (SSSR count). The maximum atomic E-state index is 5.45. The van der Waals surface area contributed by atoms with Gasteiger partial charge in [-0.25, -0.2) is 0 Å². The van der Waals surface area contributed by atoms with Crippen LogP contribution < -0.4 is 15.4 Å². The number of ether oxygens (including phenoxy) is 1. The first-order valence-electron chi connectivity index (χ1n) is 8.29. The molecule has 0 aliphatic rings. The van der Waals surface area contributed by atoms with Crippen molar-refractivity contribution in [3.05, 3.63) is 54.6 Å². The molecule has 1 aromatic carbocycles. The molecule has 132 valence electrons. The normalized spacial score (nSPS) is 10.8. The van der Waals surface area contributed by atoms with Crippen molar-refractivity contribution in [3.8, 4) is 6.01 Å². The molecular formula is C18H18N6O2. The van der Waals surface area contributed by atoms with Crippen LogP contribution in [0.5, 0.6) is 6.01 Å². The highest BCUT2D eigenvalue weighted by Gasteiger charge is 2.09. The standard InChI is InChI=1S/C18H18N6O2/c1-2-25-18-23-16(20-11-14-4-3-9-26-14)22-17(24-18)21-13-6-5-12-7-8-19-15(12)10-13/h3-10,19H,2,11H2,1H3,(H2,20,21,22,23,24). The maximum Gasteiger partial charge on any atom is 0.323 e. The molecule has 0 unspecified atom stereocenters. The number of hydrogen-bond acceptors (Lipinski definition) is 7. The van der Waals surface area contributed by atoms with Crippen molar-refractivity contribution in [2.45, 2.75) is 13.5 Å². The first-order chi connectivity index (χ1) is 12.8. The van der Waals surface area contributed by atoms with Gasteiger partial charge in [0.25, 0.3) is 0 Å². The van der Waals surface area contributed by atoms with Crippen molar-refractivity contribution in [2.24, 2.45) is 0 Å². The summed E-state index contributed by atoms with van der Waals surface area (Å²) in [7, 11) is 0. The zero-order valence-corrected chi connectivity index (χ0v) is 14.2. The van der Waals surface area contributed by atoms with Gasteiger partial charge in [-0.05, 0) is 42.6 Å². The van der Waals surface area contributed by atoms with E-state index in [1.165, 1.54) is 0 Å². The number of aromatic amines is 1. The average Bonchev–Trinajstić information content (AvgIpc) is 3.31. The lowest BCUT2D eigenvalue weighted by Crippen LogP contribution is -2.09. The molecule has 0 atom stereocenters. The van der Waals surface area contributed by atoms with E-state index >= 15 is 0 Å². The smallest absolute Gasteiger partial charge is 0.323 e. The second kappa shape index (κ2) is 7.14. The molecule has 0 bridgehead atoms. The molecule has 3 N–H and O–H groups in total. The van der Waals surface area contributed by atoms with Crippen molar-refractivity contribution in [1.29, 1.82) is 0 Å². The highest BCUT2D eigenvalue weighted by Crippen LogP contribution is 2.21. The third-order valence-corrected chi connectivity index (χ3v) is 3.70. The van der Waals surface area contributed by atoms with Gasteiger partial charge in [-0.3, -0.25) is 0 Å². The van der Waals surface area contributed by atoms with E-state index in [1.54, 1.807) is 6.26 Å². The Bertz CT molecular complexity index is 996. The van der Waals surface area contributed by atoms with Crippen LogP contribution in [-0.2, 0) is 6.54 Å². The van der Waals surface area contributed by atoms with Crippen LogP contribution in [0.4, 0.5) is 17.6 Å². The van der Waals surface area contributed by atoms with Crippen LogP contribution in [-0.4, -0.2) is 26.5 Å². The Morgan fingerprint density at radius 1 is 1.12 bits per heavy atom. The summed E-state index contributed by atoms with van der Waals surface area (Å²) in [5.74, 6) is 1.59. The fourth-order valence-electron chi connectivity index (χ4n) is 2.52. The lowest BCUT2D eigenvalue weighted by molar-refractivity contribution is 0.312. The van der Waals surface area contributed by atoms with Gasteiger partial charge in [0.1, 0.15) is 5.76 Å². The van der Waals surface area contributed by atoms with Crippen molar-refractivity contribution < 1.29 is 9.15 Å². The molecule has 0 radical (unpaired) electrons. The first kappa shape index (κ1) is 15.9. The Labute approximate surface area is 149 Å². The molecule has 0 amide bonds. The number of aromatic nitrogens is 4. The van der Waals surface area contributed by atoms with E-state index in [0.717, 1.165) is 22.4 Å². The molecule has 8 heteroatoms. The van der Waals surface area contributed by atoms with Crippen molar-refractivity contribution in [2.75, 3.05) is 17.2 Å². The van der Waals surface area contributed by atoms with Gasteiger partial charge in [0, 0.05) is 17.4 Å². The van der Waals surface area contributed by atoms with Crippen molar-refractivity contribution in [1.82, 2.24) is 19.9 Å². The maximum absolute atomic E-state index is 5.45. The van der Waals surface area contributed by atoms with E-state index in [4.69, 9.17) is 9.15 Å². The van der Waals surface area contributed by atoms with Crippen LogP contribution in [0.25, 0.3) is 10.9 Å². The van der Waals surface area contributed by atoms with Gasteiger partial charge in [0.15, 0.2) is 0 Å². The van der Waals surface area contributed by atoms with Gasteiger partial charge in [0.2, 0.25) is 11.9 Å². The third-order valence-electron chi connectivity index (χ3n) is 3.70. The lowest BCUT2D eigenvalue weighted by atomic mass is 10.2. The number of nitrogens with one attached hydrogen (secondary N) is 3. The Hall–Kier alpha value is -3.55. The van der Waals surface area contributed by atoms with Crippen molar-refractivity contribution in [3.63, 3.8) is 0 Å². The van der Waals surface area contributed by atoms with E-state index in [9.17, 15) is 0 Å². The summed E-state index contributed by atoms with van der Waals surface area (Å²) in [6.07, 6.45) is 3.53. The Morgan fingerprint density at radius 3 is 2.88 bits per heavy atom. The van der Waals surface area contributed by atoms with Crippen LogP contribution in [0.2, 0.25) is 0 Å². The summed E-state index contributed by atoms with van der Waals surface area (Å²) in [6, 6.07) is 12.0. The Kier molecular flexibility index (Phi) is 4.38. The minimum absolute atomic E-state index is 0.257. The highest BCUT2D eigenvalue weighted by molar-refractivity contribution is 5.83. The quantitative estimate of drug-likeness (QED) is 0.467. The molecule has 26 heavy (non-hydrogen) atoms. The molecule has 0 fully saturated rings. The molecule has 0 saturated carbocycles. The summed E-state index contributed by atoms with van der Waals surface area (Å²) in [4.78, 5) is 16.2. The number of fused-ring (bicyclic) bond motifs is 1. The van der Waals surface area contributed by atoms with E-state index in [0.29, 0.717) is 25.0 Å². The Balaban J connectivity index is 1.56. The molecule has 0 aliphatic carbocycles. The van der Waals surface area contributed by atoms with Crippen molar-refractivity contribution >= 4 is 28.5 Å². The van der Waals surface area contributed by atoms with E-state index < -0.39 is 0 Å². The molecule has 8 nitrogen and oxygen atoms in total. The third kappa shape index (κ3) is 3.59. The number of nitrogens with zero attached hydrogens (tertiary/aromatic N) is 3. The topological polar surface area (TPSA) is 101 Å². The zero-order valence-electron chi connectivity index (χ0n) is 14.2. The van der Waals surface area contributed by atoms with Gasteiger partial charge >= 0.3 is 6.01 Å². The van der Waals surface area contributed by atoms with Crippen LogP contribution >= 0.6 is 0 Å².